The van der Waals surface area contributed by atoms with Crippen molar-refractivity contribution >= 4 is 29.3 Å². The molecule has 1 aromatic carbocycles. The predicted molar refractivity (Wildman–Crippen MR) is 98.6 cm³/mol. The highest BCUT2D eigenvalue weighted by Gasteiger charge is 2.04. The summed E-state index contributed by atoms with van der Waals surface area (Å²) in [5, 5.41) is 3.62. The fraction of sp³-hybridized carbons (Fsp3) is 0.333. The second-order valence-corrected chi connectivity index (χ2v) is 7.11. The van der Waals surface area contributed by atoms with Gasteiger partial charge in [-0.05, 0) is 43.7 Å². The number of hydrogen-bond donors (Lipinski definition) is 1. The van der Waals surface area contributed by atoms with Crippen LogP contribution in [0.5, 0.6) is 5.88 Å². The Balaban J connectivity index is 1.68. The molecule has 0 aliphatic rings. The van der Waals surface area contributed by atoms with Crippen molar-refractivity contribution in [1.29, 1.82) is 0 Å². The van der Waals surface area contributed by atoms with Crippen LogP contribution >= 0.6 is 23.4 Å². The molecule has 1 amide bonds. The number of aromatic nitrogens is 1. The van der Waals surface area contributed by atoms with Gasteiger partial charge in [0.15, 0.2) is 0 Å². The first kappa shape index (κ1) is 18.6. The number of carbonyl (C=O) groups is 1. The van der Waals surface area contributed by atoms with Crippen LogP contribution < -0.4 is 10.1 Å². The standard InChI is InChI=1S/C18H21ClN2O2S/c1-13(2)23-18-8-3-14(12-21-18)11-20-17(22)9-10-24-16-6-4-15(19)5-7-16/h3-8,12-13H,9-11H2,1-2H3,(H,20,22). The third kappa shape index (κ3) is 6.81. The first-order valence-corrected chi connectivity index (χ1v) is 9.16. The molecule has 4 nitrogen and oxygen atoms in total. The Morgan fingerprint density at radius 3 is 2.62 bits per heavy atom. The van der Waals surface area contributed by atoms with Gasteiger partial charge in [-0.2, -0.15) is 0 Å². The van der Waals surface area contributed by atoms with Gasteiger partial charge in [-0.25, -0.2) is 4.98 Å². The van der Waals surface area contributed by atoms with Crippen molar-refractivity contribution in [2.75, 3.05) is 5.75 Å². The van der Waals surface area contributed by atoms with E-state index >= 15 is 0 Å². The Kier molecular flexibility index (Phi) is 7.40. The van der Waals surface area contributed by atoms with Crippen molar-refractivity contribution < 1.29 is 9.53 Å². The first-order chi connectivity index (χ1) is 11.5. The van der Waals surface area contributed by atoms with Gasteiger partial charge in [0.2, 0.25) is 11.8 Å². The number of carbonyl (C=O) groups excluding carboxylic acids is 1. The molecule has 0 saturated carbocycles. The molecule has 1 heterocycles. The van der Waals surface area contributed by atoms with Gasteiger partial charge in [-0.3, -0.25) is 4.79 Å². The number of hydrogen-bond acceptors (Lipinski definition) is 4. The average Bonchev–Trinajstić information content (AvgIpc) is 2.55. The largest absolute Gasteiger partial charge is 0.475 e. The van der Waals surface area contributed by atoms with Crippen molar-refractivity contribution in [1.82, 2.24) is 10.3 Å². The second kappa shape index (κ2) is 9.55. The van der Waals surface area contributed by atoms with Gasteiger partial charge in [0, 0.05) is 40.9 Å². The van der Waals surface area contributed by atoms with E-state index in [2.05, 4.69) is 10.3 Å². The SMILES string of the molecule is CC(C)Oc1ccc(CNC(=O)CCSc2ccc(Cl)cc2)cn1. The Bertz CT molecular complexity index is 645. The number of ether oxygens (including phenoxy) is 1. The Morgan fingerprint density at radius 1 is 1.25 bits per heavy atom. The van der Waals surface area contributed by atoms with Gasteiger partial charge in [-0.15, -0.1) is 11.8 Å². The molecule has 0 bridgehead atoms. The smallest absolute Gasteiger partial charge is 0.221 e. The van der Waals surface area contributed by atoms with Crippen LogP contribution in [0, 0.1) is 0 Å². The summed E-state index contributed by atoms with van der Waals surface area (Å²) in [7, 11) is 0. The number of pyridine rings is 1. The number of rotatable bonds is 8. The van der Waals surface area contributed by atoms with Crippen LogP contribution in [0.2, 0.25) is 5.02 Å². The number of amides is 1. The maximum absolute atomic E-state index is 11.9. The molecule has 0 radical (unpaired) electrons. The van der Waals surface area contributed by atoms with E-state index in [1.165, 1.54) is 0 Å². The molecule has 2 aromatic rings. The Labute approximate surface area is 152 Å². The van der Waals surface area contributed by atoms with Crippen LogP contribution in [0.4, 0.5) is 0 Å². The summed E-state index contributed by atoms with van der Waals surface area (Å²) in [6.07, 6.45) is 2.29. The van der Waals surface area contributed by atoms with Gasteiger partial charge in [0.05, 0.1) is 6.10 Å². The van der Waals surface area contributed by atoms with Crippen molar-refractivity contribution in [3.05, 3.63) is 53.2 Å². The van der Waals surface area contributed by atoms with Crippen molar-refractivity contribution in [3.8, 4) is 5.88 Å². The third-order valence-electron chi connectivity index (χ3n) is 3.06. The van der Waals surface area contributed by atoms with Gasteiger partial charge < -0.3 is 10.1 Å². The van der Waals surface area contributed by atoms with Gasteiger partial charge in [0.1, 0.15) is 0 Å². The van der Waals surface area contributed by atoms with Crippen molar-refractivity contribution in [2.24, 2.45) is 0 Å². The molecule has 1 aromatic heterocycles. The zero-order valence-electron chi connectivity index (χ0n) is 13.8. The number of benzene rings is 1. The molecule has 0 fully saturated rings. The minimum atomic E-state index is 0.0268. The molecule has 0 unspecified atom stereocenters. The third-order valence-corrected chi connectivity index (χ3v) is 4.32. The number of halogens is 1. The zero-order valence-corrected chi connectivity index (χ0v) is 15.4. The summed E-state index contributed by atoms with van der Waals surface area (Å²) in [5.41, 5.74) is 0.949. The minimum Gasteiger partial charge on any atom is -0.475 e. The Morgan fingerprint density at radius 2 is 2.00 bits per heavy atom. The molecule has 24 heavy (non-hydrogen) atoms. The van der Waals surface area contributed by atoms with E-state index in [4.69, 9.17) is 16.3 Å². The van der Waals surface area contributed by atoms with Gasteiger partial charge >= 0.3 is 0 Å². The monoisotopic (exact) mass is 364 g/mol. The topological polar surface area (TPSA) is 51.2 Å². The lowest BCUT2D eigenvalue weighted by Crippen LogP contribution is -2.23. The highest BCUT2D eigenvalue weighted by molar-refractivity contribution is 7.99. The number of nitrogens with one attached hydrogen (secondary N) is 1. The van der Waals surface area contributed by atoms with E-state index < -0.39 is 0 Å². The molecule has 0 aliphatic carbocycles. The van der Waals surface area contributed by atoms with Gasteiger partial charge in [0.25, 0.3) is 0 Å². The molecule has 0 atom stereocenters. The van der Waals surface area contributed by atoms with E-state index in [1.54, 1.807) is 18.0 Å². The summed E-state index contributed by atoms with van der Waals surface area (Å²) < 4.78 is 5.49. The quantitative estimate of drug-likeness (QED) is 0.709. The van der Waals surface area contributed by atoms with E-state index in [1.807, 2.05) is 50.2 Å². The molecule has 1 N–H and O–H groups in total. The summed E-state index contributed by atoms with van der Waals surface area (Å²) in [6.45, 7) is 4.38. The van der Waals surface area contributed by atoms with Crippen LogP contribution in [0.25, 0.3) is 0 Å². The molecule has 6 heteroatoms. The Hall–Kier alpha value is -1.72. The number of nitrogens with zero attached hydrogens (tertiary/aromatic N) is 1. The molecule has 0 spiro atoms. The fourth-order valence-corrected chi connectivity index (χ4v) is 2.89. The maximum Gasteiger partial charge on any atom is 0.221 e. The molecular formula is C18H21ClN2O2S. The van der Waals surface area contributed by atoms with Crippen molar-refractivity contribution in [3.63, 3.8) is 0 Å². The average molecular weight is 365 g/mol. The highest BCUT2D eigenvalue weighted by atomic mass is 35.5. The van der Waals surface area contributed by atoms with Crippen LogP contribution in [-0.2, 0) is 11.3 Å². The lowest BCUT2D eigenvalue weighted by Gasteiger charge is -2.09. The van der Waals surface area contributed by atoms with E-state index in [-0.39, 0.29) is 12.0 Å². The first-order valence-electron chi connectivity index (χ1n) is 7.79. The molecule has 0 aliphatic heterocycles. The fourth-order valence-electron chi connectivity index (χ4n) is 1.91. The summed E-state index contributed by atoms with van der Waals surface area (Å²) >= 11 is 7.48. The summed E-state index contributed by atoms with van der Waals surface area (Å²) in [4.78, 5) is 17.2. The van der Waals surface area contributed by atoms with E-state index in [9.17, 15) is 4.79 Å². The molecular weight excluding hydrogens is 344 g/mol. The lowest BCUT2D eigenvalue weighted by atomic mass is 10.3. The molecule has 0 saturated heterocycles. The highest BCUT2D eigenvalue weighted by Crippen LogP contribution is 2.20. The van der Waals surface area contributed by atoms with Crippen LogP contribution in [0.1, 0.15) is 25.8 Å². The lowest BCUT2D eigenvalue weighted by molar-refractivity contribution is -0.120. The van der Waals surface area contributed by atoms with E-state index in [0.29, 0.717) is 18.8 Å². The van der Waals surface area contributed by atoms with Crippen LogP contribution in [-0.4, -0.2) is 22.7 Å². The molecule has 128 valence electrons. The normalized spacial score (nSPS) is 10.7. The minimum absolute atomic E-state index is 0.0268. The van der Waals surface area contributed by atoms with Crippen molar-refractivity contribution in [2.45, 2.75) is 37.8 Å². The predicted octanol–water partition coefficient (Wildman–Crippen LogP) is 4.32. The second-order valence-electron chi connectivity index (χ2n) is 5.50. The van der Waals surface area contributed by atoms with Crippen LogP contribution in [0.3, 0.4) is 0 Å². The van der Waals surface area contributed by atoms with E-state index in [0.717, 1.165) is 21.2 Å². The summed E-state index contributed by atoms with van der Waals surface area (Å²) in [6, 6.07) is 11.3. The zero-order chi connectivity index (χ0) is 17.4. The summed E-state index contributed by atoms with van der Waals surface area (Å²) in [5.74, 6) is 1.35. The van der Waals surface area contributed by atoms with Crippen LogP contribution in [0.15, 0.2) is 47.5 Å². The van der Waals surface area contributed by atoms with Gasteiger partial charge in [-0.1, -0.05) is 17.7 Å². The number of thioether (sulfide) groups is 1. The molecule has 2 rings (SSSR count). The maximum atomic E-state index is 11.9.